The molecule has 3 nitrogen and oxygen atoms in total. The number of ether oxygens (including phenoxy) is 2. The monoisotopic (exact) mass is 302 g/mol. The molecule has 2 atom stereocenters. The Bertz CT molecular complexity index is 510. The molecule has 6 heteroatoms. The van der Waals surface area contributed by atoms with Gasteiger partial charge in [0, 0.05) is 6.92 Å². The number of rotatable bonds is 3. The van der Waals surface area contributed by atoms with E-state index in [1.165, 1.54) is 31.2 Å². The summed E-state index contributed by atoms with van der Waals surface area (Å²) in [5.41, 5.74) is -0.0290. The van der Waals surface area contributed by atoms with Crippen molar-refractivity contribution < 1.29 is 27.4 Å². The normalized spacial score (nSPS) is 25.7. The van der Waals surface area contributed by atoms with Crippen LogP contribution in [0.2, 0.25) is 0 Å². The molecule has 0 saturated heterocycles. The quantitative estimate of drug-likeness (QED) is 0.786. The number of hydrogen-bond donors (Lipinski definition) is 0. The molecule has 0 amide bonds. The highest BCUT2D eigenvalue weighted by Gasteiger charge is 2.42. The fourth-order valence-electron chi connectivity index (χ4n) is 2.90. The van der Waals surface area contributed by atoms with E-state index in [0.717, 1.165) is 6.42 Å². The summed E-state index contributed by atoms with van der Waals surface area (Å²) >= 11 is 0. The highest BCUT2D eigenvalue weighted by atomic mass is 19.4. The largest absolute Gasteiger partial charge is 0.573 e. The number of carbonyl (C=O) groups excluding carboxylic acids is 1. The Labute approximate surface area is 121 Å². The van der Waals surface area contributed by atoms with Crippen molar-refractivity contribution in [3.63, 3.8) is 0 Å². The first kappa shape index (κ1) is 15.7. The Hall–Kier alpha value is -1.72. The number of benzene rings is 1. The van der Waals surface area contributed by atoms with Gasteiger partial charge in [0.25, 0.3) is 0 Å². The Kier molecular flexibility index (Phi) is 4.16. The van der Waals surface area contributed by atoms with Crippen molar-refractivity contribution in [2.24, 2.45) is 5.92 Å². The van der Waals surface area contributed by atoms with Crippen molar-refractivity contribution in [1.29, 1.82) is 0 Å². The molecule has 1 aromatic carbocycles. The van der Waals surface area contributed by atoms with Crippen molar-refractivity contribution >= 4 is 5.97 Å². The van der Waals surface area contributed by atoms with Gasteiger partial charge in [-0.25, -0.2) is 0 Å². The molecule has 0 N–H and O–H groups in total. The second-order valence-corrected chi connectivity index (χ2v) is 5.51. The minimum Gasteiger partial charge on any atom is -0.454 e. The lowest BCUT2D eigenvalue weighted by atomic mass is 9.91. The van der Waals surface area contributed by atoms with Gasteiger partial charge in [-0.15, -0.1) is 13.2 Å². The number of esters is 1. The SMILES string of the molecule is CC(=O)OC1(c2ccc(OC(F)(F)F)cc2)CCC(C)C1. The first-order chi connectivity index (χ1) is 9.70. The molecule has 1 aliphatic carbocycles. The Morgan fingerprint density at radius 2 is 1.90 bits per heavy atom. The molecule has 1 saturated carbocycles. The average molecular weight is 302 g/mol. The molecule has 0 heterocycles. The molecule has 0 bridgehead atoms. The second kappa shape index (κ2) is 5.58. The highest BCUT2D eigenvalue weighted by Crippen LogP contribution is 2.45. The molecule has 2 unspecified atom stereocenters. The minimum atomic E-state index is -4.71. The highest BCUT2D eigenvalue weighted by molar-refractivity contribution is 5.67. The Balaban J connectivity index is 2.23. The molecule has 0 spiro atoms. The molecule has 0 aliphatic heterocycles. The van der Waals surface area contributed by atoms with Crippen LogP contribution in [-0.2, 0) is 15.1 Å². The number of alkyl halides is 3. The van der Waals surface area contributed by atoms with Crippen molar-refractivity contribution in [2.45, 2.75) is 45.1 Å². The van der Waals surface area contributed by atoms with Crippen molar-refractivity contribution in [2.75, 3.05) is 0 Å². The Morgan fingerprint density at radius 1 is 1.29 bits per heavy atom. The maximum absolute atomic E-state index is 12.1. The van der Waals surface area contributed by atoms with Gasteiger partial charge in [-0.1, -0.05) is 19.1 Å². The van der Waals surface area contributed by atoms with Crippen LogP contribution in [0.1, 0.15) is 38.7 Å². The van der Waals surface area contributed by atoms with Gasteiger partial charge in [-0.2, -0.15) is 0 Å². The number of halogens is 3. The van der Waals surface area contributed by atoms with Crippen LogP contribution in [0.3, 0.4) is 0 Å². The third kappa shape index (κ3) is 3.89. The number of carbonyl (C=O) groups is 1. The number of hydrogen-bond acceptors (Lipinski definition) is 3. The predicted molar refractivity (Wildman–Crippen MR) is 69.6 cm³/mol. The summed E-state index contributed by atoms with van der Waals surface area (Å²) < 4.78 is 45.8. The van der Waals surface area contributed by atoms with Crippen molar-refractivity contribution in [3.05, 3.63) is 29.8 Å². The zero-order valence-electron chi connectivity index (χ0n) is 11.9. The molecule has 1 aromatic rings. The molecule has 2 rings (SSSR count). The lowest BCUT2D eigenvalue weighted by Gasteiger charge is -2.29. The van der Waals surface area contributed by atoms with Gasteiger partial charge in [-0.3, -0.25) is 4.79 Å². The van der Waals surface area contributed by atoms with E-state index in [9.17, 15) is 18.0 Å². The van der Waals surface area contributed by atoms with Gasteiger partial charge < -0.3 is 9.47 Å². The van der Waals surface area contributed by atoms with Gasteiger partial charge in [0.1, 0.15) is 11.4 Å². The maximum Gasteiger partial charge on any atom is 0.573 e. The van der Waals surface area contributed by atoms with E-state index >= 15 is 0 Å². The van der Waals surface area contributed by atoms with Gasteiger partial charge in [0.2, 0.25) is 0 Å². The van der Waals surface area contributed by atoms with Crippen LogP contribution in [0, 0.1) is 5.92 Å². The minimum absolute atomic E-state index is 0.282. The average Bonchev–Trinajstić information content (AvgIpc) is 2.69. The third-order valence-electron chi connectivity index (χ3n) is 3.67. The van der Waals surface area contributed by atoms with Crippen LogP contribution in [0.15, 0.2) is 24.3 Å². The Morgan fingerprint density at radius 3 is 2.33 bits per heavy atom. The van der Waals surface area contributed by atoms with E-state index in [4.69, 9.17) is 4.74 Å². The summed E-state index contributed by atoms with van der Waals surface area (Å²) in [6.07, 6.45) is -2.45. The molecular formula is C15H17F3O3. The van der Waals surface area contributed by atoms with Gasteiger partial charge in [0.15, 0.2) is 0 Å². The summed E-state index contributed by atoms with van der Waals surface area (Å²) in [5, 5.41) is 0. The maximum atomic E-state index is 12.1. The zero-order chi connectivity index (χ0) is 15.7. The fraction of sp³-hybridized carbons (Fsp3) is 0.533. The lowest BCUT2D eigenvalue weighted by molar-refractivity contribution is -0.274. The molecule has 21 heavy (non-hydrogen) atoms. The van der Waals surface area contributed by atoms with E-state index in [1.807, 2.05) is 0 Å². The van der Waals surface area contributed by atoms with Crippen molar-refractivity contribution in [3.8, 4) is 5.75 Å². The zero-order valence-corrected chi connectivity index (χ0v) is 11.9. The van der Waals surface area contributed by atoms with Gasteiger partial charge in [-0.05, 0) is 42.9 Å². The van der Waals surface area contributed by atoms with Crippen LogP contribution in [-0.4, -0.2) is 12.3 Å². The van der Waals surface area contributed by atoms with Crippen LogP contribution in [0.4, 0.5) is 13.2 Å². The summed E-state index contributed by atoms with van der Waals surface area (Å²) in [4.78, 5) is 11.3. The molecule has 1 fully saturated rings. The van der Waals surface area contributed by atoms with Crippen molar-refractivity contribution in [1.82, 2.24) is 0 Å². The standard InChI is InChI=1S/C15H17F3O3/c1-10-7-8-14(9-10,20-11(2)19)12-3-5-13(6-4-12)21-15(16,17)18/h3-6,10H,7-9H2,1-2H3. The van der Waals surface area contributed by atoms with Crippen LogP contribution in [0.25, 0.3) is 0 Å². The molecular weight excluding hydrogens is 285 g/mol. The van der Waals surface area contributed by atoms with E-state index < -0.39 is 12.0 Å². The van der Waals surface area contributed by atoms with Gasteiger partial charge >= 0.3 is 12.3 Å². The van der Waals surface area contributed by atoms with Gasteiger partial charge in [0.05, 0.1) is 0 Å². The summed E-state index contributed by atoms with van der Waals surface area (Å²) in [7, 11) is 0. The fourth-order valence-corrected chi connectivity index (χ4v) is 2.90. The smallest absolute Gasteiger partial charge is 0.454 e. The lowest BCUT2D eigenvalue weighted by Crippen LogP contribution is -2.29. The van der Waals surface area contributed by atoms with Crippen LogP contribution >= 0.6 is 0 Å². The molecule has 116 valence electrons. The summed E-state index contributed by atoms with van der Waals surface area (Å²) in [6, 6.07) is 5.55. The molecule has 1 aliphatic rings. The summed E-state index contributed by atoms with van der Waals surface area (Å²) in [6.45, 7) is 3.40. The molecule has 0 aromatic heterocycles. The van der Waals surface area contributed by atoms with E-state index in [-0.39, 0.29) is 11.7 Å². The predicted octanol–water partition coefficient (Wildman–Crippen LogP) is 4.16. The van der Waals surface area contributed by atoms with Crippen LogP contribution < -0.4 is 4.74 Å². The summed E-state index contributed by atoms with van der Waals surface area (Å²) in [5.74, 6) is -0.273. The van der Waals surface area contributed by atoms with Crippen LogP contribution in [0.5, 0.6) is 5.75 Å². The van der Waals surface area contributed by atoms with E-state index in [0.29, 0.717) is 24.3 Å². The van der Waals surface area contributed by atoms with E-state index in [2.05, 4.69) is 11.7 Å². The topological polar surface area (TPSA) is 35.5 Å². The third-order valence-corrected chi connectivity index (χ3v) is 3.67. The first-order valence-electron chi connectivity index (χ1n) is 6.76. The van der Waals surface area contributed by atoms with E-state index in [1.54, 1.807) is 0 Å². The first-order valence-corrected chi connectivity index (χ1v) is 6.76. The molecule has 0 radical (unpaired) electrons. The second-order valence-electron chi connectivity index (χ2n) is 5.51.